The van der Waals surface area contributed by atoms with Crippen molar-refractivity contribution in [2.24, 2.45) is 5.41 Å². The lowest BCUT2D eigenvalue weighted by molar-refractivity contribution is -0.119. The molecule has 2 heterocycles. The first kappa shape index (κ1) is 20.3. The number of hydrogen-bond donors (Lipinski definition) is 1. The number of anilines is 2. The van der Waals surface area contributed by atoms with E-state index in [1.54, 1.807) is 17.2 Å². The zero-order valence-corrected chi connectivity index (χ0v) is 18.3. The maximum Gasteiger partial charge on any atom is 0.232 e. The van der Waals surface area contributed by atoms with Gasteiger partial charge in [0.25, 0.3) is 0 Å². The number of nitrogens with zero attached hydrogens (tertiary/aromatic N) is 1. The van der Waals surface area contributed by atoms with Gasteiger partial charge in [0.1, 0.15) is 11.8 Å². The third-order valence-electron chi connectivity index (χ3n) is 6.18. The lowest BCUT2D eigenvalue weighted by Gasteiger charge is -2.36. The molecule has 162 valence electrons. The molecule has 5 rings (SSSR count). The molecule has 5 heteroatoms. The van der Waals surface area contributed by atoms with Gasteiger partial charge in [-0.2, -0.15) is 0 Å². The second kappa shape index (κ2) is 7.83. The number of ketones is 1. The quantitative estimate of drug-likeness (QED) is 0.587. The number of fused-ring (bicyclic) bond motifs is 1. The van der Waals surface area contributed by atoms with Crippen molar-refractivity contribution in [2.75, 3.05) is 10.2 Å². The molecule has 1 aliphatic heterocycles. The van der Waals surface area contributed by atoms with E-state index in [4.69, 9.17) is 4.42 Å². The highest BCUT2D eigenvalue weighted by atomic mass is 16.3. The maximum atomic E-state index is 13.8. The maximum absolute atomic E-state index is 13.8. The molecule has 0 fully saturated rings. The van der Waals surface area contributed by atoms with Gasteiger partial charge >= 0.3 is 0 Å². The molecular formula is C27H26N2O3. The van der Waals surface area contributed by atoms with Gasteiger partial charge in [-0.3, -0.25) is 14.5 Å². The third kappa shape index (κ3) is 3.64. The van der Waals surface area contributed by atoms with Crippen molar-refractivity contribution >= 4 is 23.1 Å². The molecule has 5 nitrogen and oxygen atoms in total. The minimum absolute atomic E-state index is 0.0514. The molecule has 0 bridgehead atoms. The van der Waals surface area contributed by atoms with Crippen molar-refractivity contribution in [3.05, 3.63) is 95.6 Å². The van der Waals surface area contributed by atoms with Crippen LogP contribution in [0, 0.1) is 5.41 Å². The third-order valence-corrected chi connectivity index (χ3v) is 6.18. The fourth-order valence-electron chi connectivity index (χ4n) is 4.83. The Morgan fingerprint density at radius 2 is 1.78 bits per heavy atom. The number of para-hydroxylation sites is 2. The average Bonchev–Trinajstić information content (AvgIpc) is 3.23. The number of Topliss-reactive ketones (excluding diaryl/α,β-unsaturated/α-hetero) is 1. The van der Waals surface area contributed by atoms with Gasteiger partial charge in [-0.05, 0) is 41.7 Å². The van der Waals surface area contributed by atoms with Crippen LogP contribution in [-0.4, -0.2) is 11.7 Å². The zero-order valence-electron chi connectivity index (χ0n) is 18.3. The summed E-state index contributed by atoms with van der Waals surface area (Å²) >= 11 is 0. The summed E-state index contributed by atoms with van der Waals surface area (Å²) < 4.78 is 5.82. The van der Waals surface area contributed by atoms with Gasteiger partial charge in [0.2, 0.25) is 5.91 Å². The topological polar surface area (TPSA) is 62.6 Å². The SMILES string of the molecule is CC1(C)CC(=O)C2=C(C1)Nc1ccccc1N(C(=O)Cc1ccccc1)C2c1ccco1. The fourth-order valence-corrected chi connectivity index (χ4v) is 4.83. The molecule has 1 aliphatic carbocycles. The van der Waals surface area contributed by atoms with Gasteiger partial charge in [0.05, 0.1) is 24.1 Å². The number of rotatable bonds is 3. The summed E-state index contributed by atoms with van der Waals surface area (Å²) in [6, 6.07) is 20.5. The number of nitrogens with one attached hydrogen (secondary N) is 1. The number of carbonyl (C=O) groups excluding carboxylic acids is 2. The molecule has 0 saturated heterocycles. The number of benzene rings is 2. The Morgan fingerprint density at radius 3 is 2.53 bits per heavy atom. The summed E-state index contributed by atoms with van der Waals surface area (Å²) in [6.45, 7) is 4.21. The Balaban J connectivity index is 1.70. The molecule has 1 atom stereocenters. The molecule has 3 aromatic rings. The van der Waals surface area contributed by atoms with E-state index in [0.717, 1.165) is 29.1 Å². The van der Waals surface area contributed by atoms with E-state index < -0.39 is 6.04 Å². The second-order valence-corrected chi connectivity index (χ2v) is 9.32. The predicted octanol–water partition coefficient (Wildman–Crippen LogP) is 5.67. The van der Waals surface area contributed by atoms with Crippen molar-refractivity contribution in [2.45, 2.75) is 39.2 Å². The summed E-state index contributed by atoms with van der Waals surface area (Å²) in [6.07, 6.45) is 2.98. The van der Waals surface area contributed by atoms with Crippen LogP contribution in [0.15, 0.2) is 88.7 Å². The summed E-state index contributed by atoms with van der Waals surface area (Å²) in [4.78, 5) is 29.1. The van der Waals surface area contributed by atoms with Crippen molar-refractivity contribution in [3.63, 3.8) is 0 Å². The molecule has 1 aromatic heterocycles. The predicted molar refractivity (Wildman–Crippen MR) is 124 cm³/mol. The van der Waals surface area contributed by atoms with Crippen LogP contribution in [0.1, 0.15) is 44.1 Å². The van der Waals surface area contributed by atoms with Gasteiger partial charge in [-0.25, -0.2) is 0 Å². The second-order valence-electron chi connectivity index (χ2n) is 9.32. The molecule has 32 heavy (non-hydrogen) atoms. The van der Waals surface area contributed by atoms with Crippen molar-refractivity contribution in [1.29, 1.82) is 0 Å². The molecule has 2 aliphatic rings. The van der Waals surface area contributed by atoms with Crippen LogP contribution in [0.4, 0.5) is 11.4 Å². The van der Waals surface area contributed by atoms with Crippen LogP contribution in [0.2, 0.25) is 0 Å². The first-order valence-electron chi connectivity index (χ1n) is 10.9. The Bertz CT molecular complexity index is 1190. The van der Waals surface area contributed by atoms with Crippen LogP contribution in [0.25, 0.3) is 0 Å². The molecule has 0 spiro atoms. The molecule has 0 radical (unpaired) electrons. The van der Waals surface area contributed by atoms with E-state index in [-0.39, 0.29) is 23.5 Å². The van der Waals surface area contributed by atoms with Crippen LogP contribution >= 0.6 is 0 Å². The van der Waals surface area contributed by atoms with Gasteiger partial charge in [-0.1, -0.05) is 56.3 Å². The van der Waals surface area contributed by atoms with Gasteiger partial charge in [0, 0.05) is 17.7 Å². The lowest BCUT2D eigenvalue weighted by atomic mass is 9.74. The van der Waals surface area contributed by atoms with Crippen LogP contribution < -0.4 is 10.2 Å². The Labute approximate surface area is 187 Å². The lowest BCUT2D eigenvalue weighted by Crippen LogP contribution is -2.40. The monoisotopic (exact) mass is 426 g/mol. The van der Waals surface area contributed by atoms with Gasteiger partial charge in [-0.15, -0.1) is 0 Å². The Morgan fingerprint density at radius 1 is 1.03 bits per heavy atom. The first-order chi connectivity index (χ1) is 15.4. The molecule has 1 unspecified atom stereocenters. The smallest absolute Gasteiger partial charge is 0.232 e. The first-order valence-corrected chi connectivity index (χ1v) is 10.9. The molecule has 1 amide bonds. The number of carbonyl (C=O) groups is 2. The molecule has 0 saturated carbocycles. The highest BCUT2D eigenvalue weighted by Gasteiger charge is 2.44. The highest BCUT2D eigenvalue weighted by molar-refractivity contribution is 6.06. The minimum Gasteiger partial charge on any atom is -0.467 e. The van der Waals surface area contributed by atoms with Gasteiger partial charge in [0.15, 0.2) is 5.78 Å². The summed E-state index contributed by atoms with van der Waals surface area (Å²) in [7, 11) is 0. The Hall–Kier alpha value is -3.60. The summed E-state index contributed by atoms with van der Waals surface area (Å²) in [5.41, 5.74) is 3.83. The van der Waals surface area contributed by atoms with E-state index in [0.29, 0.717) is 17.8 Å². The normalized spacial score (nSPS) is 19.6. The zero-order chi connectivity index (χ0) is 22.3. The number of amides is 1. The van der Waals surface area contributed by atoms with Crippen LogP contribution in [0.3, 0.4) is 0 Å². The van der Waals surface area contributed by atoms with E-state index >= 15 is 0 Å². The number of furan rings is 1. The molecule has 2 aromatic carbocycles. The van der Waals surface area contributed by atoms with Crippen molar-refractivity contribution in [3.8, 4) is 0 Å². The summed E-state index contributed by atoms with van der Waals surface area (Å²) in [5, 5.41) is 3.51. The number of allylic oxidation sites excluding steroid dienone is 1. The standard InChI is InChI=1S/C27H26N2O3/c1-27(2)16-20-25(22(30)17-27)26(23-13-8-14-32-23)29(21-12-7-6-11-19(21)28-20)24(31)15-18-9-4-3-5-10-18/h3-14,26,28H,15-17H2,1-2H3. The van der Waals surface area contributed by atoms with Crippen LogP contribution in [0.5, 0.6) is 0 Å². The van der Waals surface area contributed by atoms with Gasteiger partial charge < -0.3 is 9.73 Å². The van der Waals surface area contributed by atoms with E-state index in [2.05, 4.69) is 19.2 Å². The van der Waals surface area contributed by atoms with E-state index in [9.17, 15) is 9.59 Å². The van der Waals surface area contributed by atoms with Crippen molar-refractivity contribution < 1.29 is 14.0 Å². The largest absolute Gasteiger partial charge is 0.467 e. The van der Waals surface area contributed by atoms with E-state index in [1.807, 2.05) is 60.7 Å². The van der Waals surface area contributed by atoms with Crippen LogP contribution in [-0.2, 0) is 16.0 Å². The molecular weight excluding hydrogens is 400 g/mol. The summed E-state index contributed by atoms with van der Waals surface area (Å²) in [5.74, 6) is 0.555. The molecule has 1 N–H and O–H groups in total. The number of hydrogen-bond acceptors (Lipinski definition) is 4. The Kier molecular flexibility index (Phi) is 4.97. The van der Waals surface area contributed by atoms with Crippen molar-refractivity contribution in [1.82, 2.24) is 0 Å². The van der Waals surface area contributed by atoms with E-state index in [1.165, 1.54) is 0 Å². The fraction of sp³-hybridized carbons (Fsp3) is 0.259. The minimum atomic E-state index is -0.615. The highest BCUT2D eigenvalue weighted by Crippen LogP contribution is 2.48. The average molecular weight is 427 g/mol.